The summed E-state index contributed by atoms with van der Waals surface area (Å²) in [7, 11) is 0. The molecule has 0 aliphatic carbocycles. The molecule has 0 aromatic heterocycles. The first-order valence-electron chi connectivity index (χ1n) is 8.41. The lowest BCUT2D eigenvalue weighted by atomic mass is 9.96. The van der Waals surface area contributed by atoms with E-state index < -0.39 is 5.97 Å². The van der Waals surface area contributed by atoms with E-state index in [9.17, 15) is 9.59 Å². The fourth-order valence-electron chi connectivity index (χ4n) is 3.66. The maximum Gasteiger partial charge on any atom is 0.308 e. The fourth-order valence-corrected chi connectivity index (χ4v) is 3.66. The van der Waals surface area contributed by atoms with E-state index in [1.165, 1.54) is 5.56 Å². The summed E-state index contributed by atoms with van der Waals surface area (Å²) < 4.78 is 0. The number of nitrogens with zero attached hydrogens (tertiary/aromatic N) is 2. The molecule has 2 aliphatic heterocycles. The van der Waals surface area contributed by atoms with Gasteiger partial charge in [0, 0.05) is 26.2 Å². The number of carbonyl (C=O) groups excluding carboxylic acids is 1. The lowest BCUT2D eigenvalue weighted by molar-refractivity contribution is -0.142. The van der Waals surface area contributed by atoms with Crippen LogP contribution < -0.4 is 0 Å². The number of hydrogen-bond acceptors (Lipinski definition) is 3. The van der Waals surface area contributed by atoms with Crippen molar-refractivity contribution in [3.63, 3.8) is 0 Å². The molecule has 0 spiro atoms. The molecule has 0 saturated carbocycles. The van der Waals surface area contributed by atoms with Gasteiger partial charge < -0.3 is 10.0 Å². The molecule has 1 aromatic carbocycles. The summed E-state index contributed by atoms with van der Waals surface area (Å²) in [6.45, 7) is 3.65. The molecular weight excluding hydrogens is 292 g/mol. The first-order valence-corrected chi connectivity index (χ1v) is 8.41. The van der Waals surface area contributed by atoms with E-state index in [-0.39, 0.29) is 17.7 Å². The van der Waals surface area contributed by atoms with Crippen molar-refractivity contribution >= 4 is 11.9 Å². The van der Waals surface area contributed by atoms with Gasteiger partial charge in [-0.2, -0.15) is 0 Å². The first-order chi connectivity index (χ1) is 11.1. The Morgan fingerprint density at radius 2 is 1.83 bits per heavy atom. The number of carbonyl (C=O) groups is 2. The molecule has 2 fully saturated rings. The number of carboxylic acid groups (broad SMARTS) is 1. The summed E-state index contributed by atoms with van der Waals surface area (Å²) in [6.07, 6.45) is 2.53. The maximum absolute atomic E-state index is 12.7. The molecule has 2 heterocycles. The normalized spacial score (nSPS) is 25.5. The van der Waals surface area contributed by atoms with Crippen LogP contribution in [0.25, 0.3) is 0 Å². The molecule has 3 rings (SSSR count). The molecule has 1 amide bonds. The molecule has 1 aromatic rings. The Bertz CT molecular complexity index is 561. The van der Waals surface area contributed by atoms with Gasteiger partial charge in [0.1, 0.15) is 0 Å². The van der Waals surface area contributed by atoms with Gasteiger partial charge in [0.2, 0.25) is 5.91 Å². The second kappa shape index (κ2) is 7.13. The van der Waals surface area contributed by atoms with E-state index in [1.807, 2.05) is 18.2 Å². The highest BCUT2D eigenvalue weighted by Crippen LogP contribution is 2.24. The fraction of sp³-hybridized carbons (Fsp3) is 0.556. The van der Waals surface area contributed by atoms with Crippen LogP contribution in [0.1, 0.15) is 24.8 Å². The van der Waals surface area contributed by atoms with Gasteiger partial charge in [0.25, 0.3) is 0 Å². The standard InChI is InChI=1S/C18H24N2O3/c21-17(20-10-8-16(13-20)18(22)23)15-7-4-9-19(12-15)11-14-5-2-1-3-6-14/h1-3,5-6,15-16H,4,7-13H2,(H,22,23). The Morgan fingerprint density at radius 3 is 2.52 bits per heavy atom. The van der Waals surface area contributed by atoms with Crippen molar-refractivity contribution in [3.05, 3.63) is 35.9 Å². The number of carboxylic acids is 1. The molecule has 5 heteroatoms. The van der Waals surface area contributed by atoms with Crippen molar-refractivity contribution in [1.29, 1.82) is 0 Å². The van der Waals surface area contributed by atoms with Crippen molar-refractivity contribution in [2.45, 2.75) is 25.8 Å². The molecule has 23 heavy (non-hydrogen) atoms. The van der Waals surface area contributed by atoms with Crippen molar-refractivity contribution < 1.29 is 14.7 Å². The summed E-state index contributed by atoms with van der Waals surface area (Å²) in [5.41, 5.74) is 1.27. The van der Waals surface area contributed by atoms with Crippen LogP contribution in [0.3, 0.4) is 0 Å². The number of amides is 1. The van der Waals surface area contributed by atoms with Crippen molar-refractivity contribution in [2.24, 2.45) is 11.8 Å². The van der Waals surface area contributed by atoms with Crippen LogP contribution >= 0.6 is 0 Å². The van der Waals surface area contributed by atoms with Crippen LogP contribution in [0.4, 0.5) is 0 Å². The minimum Gasteiger partial charge on any atom is -0.481 e. The van der Waals surface area contributed by atoms with Crippen LogP contribution in [0.5, 0.6) is 0 Å². The minimum absolute atomic E-state index is 0.0139. The number of benzene rings is 1. The van der Waals surface area contributed by atoms with Crippen LogP contribution in [-0.2, 0) is 16.1 Å². The Hall–Kier alpha value is -1.88. The van der Waals surface area contributed by atoms with Crippen LogP contribution in [-0.4, -0.2) is 53.0 Å². The lowest BCUT2D eigenvalue weighted by Crippen LogP contribution is -2.44. The van der Waals surface area contributed by atoms with E-state index in [0.717, 1.165) is 32.5 Å². The quantitative estimate of drug-likeness (QED) is 0.920. The monoisotopic (exact) mass is 316 g/mol. The molecule has 2 aliphatic rings. The van der Waals surface area contributed by atoms with Crippen LogP contribution in [0.15, 0.2) is 30.3 Å². The topological polar surface area (TPSA) is 60.9 Å². The summed E-state index contributed by atoms with van der Waals surface area (Å²) in [4.78, 5) is 27.8. The average Bonchev–Trinajstić information content (AvgIpc) is 3.06. The summed E-state index contributed by atoms with van der Waals surface area (Å²) in [5.74, 6) is -1.01. The molecule has 0 bridgehead atoms. The maximum atomic E-state index is 12.7. The summed E-state index contributed by atoms with van der Waals surface area (Å²) in [5, 5.41) is 9.08. The van der Waals surface area contributed by atoms with Gasteiger partial charge in [-0.15, -0.1) is 0 Å². The Labute approximate surface area is 136 Å². The molecular formula is C18H24N2O3. The number of rotatable bonds is 4. The molecule has 2 atom stereocenters. The van der Waals surface area contributed by atoms with E-state index in [0.29, 0.717) is 19.5 Å². The van der Waals surface area contributed by atoms with E-state index >= 15 is 0 Å². The lowest BCUT2D eigenvalue weighted by Gasteiger charge is -2.34. The smallest absolute Gasteiger partial charge is 0.308 e. The zero-order valence-electron chi connectivity index (χ0n) is 13.4. The van der Waals surface area contributed by atoms with Crippen molar-refractivity contribution in [3.8, 4) is 0 Å². The first kappa shape index (κ1) is 16.0. The second-order valence-corrected chi connectivity index (χ2v) is 6.67. The molecule has 2 unspecified atom stereocenters. The van der Waals surface area contributed by atoms with Gasteiger partial charge in [0.05, 0.1) is 11.8 Å². The van der Waals surface area contributed by atoms with Gasteiger partial charge in [-0.3, -0.25) is 14.5 Å². The largest absolute Gasteiger partial charge is 0.481 e. The third kappa shape index (κ3) is 3.91. The number of hydrogen-bond donors (Lipinski definition) is 1. The SMILES string of the molecule is O=C(O)C1CCN(C(=O)C2CCCN(Cc3ccccc3)C2)C1. The van der Waals surface area contributed by atoms with Gasteiger partial charge >= 0.3 is 5.97 Å². The molecule has 5 nitrogen and oxygen atoms in total. The van der Waals surface area contributed by atoms with Crippen LogP contribution in [0.2, 0.25) is 0 Å². The zero-order chi connectivity index (χ0) is 16.2. The predicted molar refractivity (Wildman–Crippen MR) is 86.8 cm³/mol. The number of piperidine rings is 1. The Morgan fingerprint density at radius 1 is 1.04 bits per heavy atom. The number of likely N-dealkylation sites (tertiary alicyclic amines) is 2. The van der Waals surface area contributed by atoms with Gasteiger partial charge in [-0.1, -0.05) is 30.3 Å². The predicted octanol–water partition coefficient (Wildman–Crippen LogP) is 1.83. The van der Waals surface area contributed by atoms with E-state index in [2.05, 4.69) is 17.0 Å². The van der Waals surface area contributed by atoms with E-state index in [1.54, 1.807) is 4.90 Å². The van der Waals surface area contributed by atoms with Crippen molar-refractivity contribution in [1.82, 2.24) is 9.80 Å². The third-order valence-electron chi connectivity index (χ3n) is 4.95. The molecule has 124 valence electrons. The van der Waals surface area contributed by atoms with Gasteiger partial charge in [-0.25, -0.2) is 0 Å². The highest BCUT2D eigenvalue weighted by Gasteiger charge is 2.35. The average molecular weight is 316 g/mol. The number of aliphatic carboxylic acids is 1. The zero-order valence-corrected chi connectivity index (χ0v) is 13.4. The molecule has 0 radical (unpaired) electrons. The van der Waals surface area contributed by atoms with Crippen LogP contribution in [0, 0.1) is 11.8 Å². The second-order valence-electron chi connectivity index (χ2n) is 6.67. The van der Waals surface area contributed by atoms with Gasteiger partial charge in [-0.05, 0) is 31.4 Å². The third-order valence-corrected chi connectivity index (χ3v) is 4.95. The Kier molecular flexibility index (Phi) is 4.96. The minimum atomic E-state index is -0.783. The van der Waals surface area contributed by atoms with E-state index in [4.69, 9.17) is 5.11 Å². The summed E-state index contributed by atoms with van der Waals surface area (Å²) in [6, 6.07) is 10.3. The Balaban J connectivity index is 1.56. The molecule has 1 N–H and O–H groups in total. The highest BCUT2D eigenvalue weighted by atomic mass is 16.4. The van der Waals surface area contributed by atoms with Crippen molar-refractivity contribution in [2.75, 3.05) is 26.2 Å². The van der Waals surface area contributed by atoms with Gasteiger partial charge in [0.15, 0.2) is 0 Å². The molecule has 2 saturated heterocycles. The summed E-state index contributed by atoms with van der Waals surface area (Å²) >= 11 is 0. The highest BCUT2D eigenvalue weighted by molar-refractivity contribution is 5.81.